The molecule has 0 spiro atoms. The summed E-state index contributed by atoms with van der Waals surface area (Å²) in [6.45, 7) is -1.29. The van der Waals surface area contributed by atoms with Gasteiger partial charge in [0.1, 0.15) is 17.9 Å². The Hall–Kier alpha value is -4.53. The molecule has 2 aromatic heterocycles. The molecule has 0 aliphatic carbocycles. The Morgan fingerprint density at radius 3 is 2.31 bits per heavy atom. The number of carboxylic acids is 1. The van der Waals surface area contributed by atoms with Crippen molar-refractivity contribution in [3.8, 4) is 22.8 Å². The van der Waals surface area contributed by atoms with Crippen LogP contribution in [-0.2, 0) is 12.8 Å². The molecule has 0 amide bonds. The minimum Gasteiger partial charge on any atom is -0.488 e. The molecule has 0 radical (unpaired) electrons. The highest BCUT2D eigenvalue weighted by atomic mass is 19.4. The van der Waals surface area contributed by atoms with Gasteiger partial charge in [-0.2, -0.15) is 31.4 Å². The predicted molar refractivity (Wildman–Crippen MR) is 144 cm³/mol. The Labute approximate surface area is 250 Å². The fraction of sp³-hybridized carbons (Fsp3) is 0.300. The molecular formula is C30H24F8N4O3. The molecule has 238 valence electrons. The number of piperidine rings is 1. The third-order valence-corrected chi connectivity index (χ3v) is 7.39. The van der Waals surface area contributed by atoms with E-state index in [1.165, 1.54) is 41.3 Å². The minimum atomic E-state index is -5.05. The number of benzene rings is 2. The summed E-state index contributed by atoms with van der Waals surface area (Å²) in [6.07, 6.45) is -8.34. The van der Waals surface area contributed by atoms with Crippen LogP contribution in [0.25, 0.3) is 17.1 Å². The highest BCUT2D eigenvalue weighted by Crippen LogP contribution is 2.36. The number of aromatic carboxylic acids is 1. The zero-order valence-electron chi connectivity index (χ0n) is 23.2. The van der Waals surface area contributed by atoms with Gasteiger partial charge >= 0.3 is 18.3 Å². The van der Waals surface area contributed by atoms with Crippen LogP contribution in [-0.4, -0.2) is 56.6 Å². The zero-order chi connectivity index (χ0) is 32.5. The van der Waals surface area contributed by atoms with Gasteiger partial charge in [-0.15, -0.1) is 0 Å². The second-order valence-corrected chi connectivity index (χ2v) is 10.4. The van der Waals surface area contributed by atoms with E-state index < -0.39 is 60.3 Å². The highest BCUT2D eigenvalue weighted by Gasteiger charge is 2.41. The molecular weight excluding hydrogens is 616 g/mol. The van der Waals surface area contributed by atoms with Crippen molar-refractivity contribution in [2.75, 3.05) is 19.6 Å². The molecule has 0 saturated carbocycles. The van der Waals surface area contributed by atoms with Crippen LogP contribution in [0.1, 0.15) is 45.9 Å². The van der Waals surface area contributed by atoms with Gasteiger partial charge < -0.3 is 9.84 Å². The topological polar surface area (TPSA) is 80.5 Å². The average Bonchev–Trinajstić information content (AvgIpc) is 3.45. The maximum absolute atomic E-state index is 15.1. The SMILES string of the molecule is O=C(O)c1cnn(-c2cccc(-c3ccccc3OCc3ccc(C4CCN(CC(F)(F)F)CC4)c(F)c3F)n2)c1C(F)(F)F. The van der Waals surface area contributed by atoms with E-state index in [0.717, 1.165) is 0 Å². The van der Waals surface area contributed by atoms with E-state index in [-0.39, 0.29) is 54.3 Å². The largest absolute Gasteiger partial charge is 0.488 e. The van der Waals surface area contributed by atoms with Gasteiger partial charge in [0.25, 0.3) is 0 Å². The van der Waals surface area contributed by atoms with Crippen molar-refractivity contribution in [2.45, 2.75) is 37.7 Å². The number of hydrogen-bond donors (Lipinski definition) is 1. The first-order chi connectivity index (χ1) is 21.2. The lowest BCUT2D eigenvalue weighted by molar-refractivity contribution is -0.148. The maximum Gasteiger partial charge on any atom is 0.434 e. The predicted octanol–water partition coefficient (Wildman–Crippen LogP) is 7.25. The number of pyridine rings is 1. The van der Waals surface area contributed by atoms with E-state index in [1.54, 1.807) is 18.2 Å². The smallest absolute Gasteiger partial charge is 0.434 e. The van der Waals surface area contributed by atoms with E-state index in [9.17, 15) is 36.2 Å². The minimum absolute atomic E-state index is 0.0761. The molecule has 1 N–H and O–H groups in total. The normalized spacial score (nSPS) is 14.9. The molecule has 0 atom stereocenters. The van der Waals surface area contributed by atoms with Crippen LogP contribution in [0, 0.1) is 11.6 Å². The fourth-order valence-electron chi connectivity index (χ4n) is 5.29. The molecule has 15 heteroatoms. The molecule has 45 heavy (non-hydrogen) atoms. The first-order valence-corrected chi connectivity index (χ1v) is 13.6. The van der Waals surface area contributed by atoms with Crippen LogP contribution in [0.15, 0.2) is 60.8 Å². The maximum atomic E-state index is 15.1. The van der Waals surface area contributed by atoms with E-state index in [0.29, 0.717) is 16.4 Å². The van der Waals surface area contributed by atoms with Crippen LogP contribution < -0.4 is 4.74 Å². The van der Waals surface area contributed by atoms with E-state index >= 15 is 8.78 Å². The Bertz CT molecular complexity index is 1700. The number of carbonyl (C=O) groups is 1. The lowest BCUT2D eigenvalue weighted by Gasteiger charge is -2.32. The number of alkyl halides is 6. The molecule has 0 unspecified atom stereocenters. The second kappa shape index (κ2) is 12.5. The summed E-state index contributed by atoms with van der Waals surface area (Å²) in [6, 6.07) is 13.0. The summed E-state index contributed by atoms with van der Waals surface area (Å²) < 4.78 is 116. The van der Waals surface area contributed by atoms with Crippen LogP contribution in [0.2, 0.25) is 0 Å². The third-order valence-electron chi connectivity index (χ3n) is 7.39. The van der Waals surface area contributed by atoms with Crippen LogP contribution >= 0.6 is 0 Å². The van der Waals surface area contributed by atoms with Crippen LogP contribution in [0.5, 0.6) is 5.75 Å². The number of para-hydroxylation sites is 1. The van der Waals surface area contributed by atoms with Crippen LogP contribution in [0.4, 0.5) is 35.1 Å². The Morgan fingerprint density at radius 2 is 1.64 bits per heavy atom. The van der Waals surface area contributed by atoms with E-state index in [4.69, 9.17) is 4.74 Å². The quantitative estimate of drug-likeness (QED) is 0.205. The summed E-state index contributed by atoms with van der Waals surface area (Å²) in [5.41, 5.74) is -2.20. The molecule has 1 fully saturated rings. The lowest BCUT2D eigenvalue weighted by Crippen LogP contribution is -2.39. The van der Waals surface area contributed by atoms with Gasteiger partial charge in [0.15, 0.2) is 23.1 Å². The monoisotopic (exact) mass is 640 g/mol. The Kier molecular flexibility index (Phi) is 8.83. The van der Waals surface area contributed by atoms with E-state index in [1.807, 2.05) is 0 Å². The zero-order valence-corrected chi connectivity index (χ0v) is 23.2. The molecule has 1 aliphatic rings. The molecule has 5 rings (SSSR count). The summed E-state index contributed by atoms with van der Waals surface area (Å²) in [4.78, 5) is 16.8. The number of likely N-dealkylation sites (tertiary alicyclic amines) is 1. The summed E-state index contributed by atoms with van der Waals surface area (Å²) in [5, 5.41) is 12.8. The first kappa shape index (κ1) is 31.9. The first-order valence-electron chi connectivity index (χ1n) is 13.6. The van der Waals surface area contributed by atoms with Gasteiger partial charge in [0.05, 0.1) is 18.4 Å². The van der Waals surface area contributed by atoms with Crippen LogP contribution in [0.3, 0.4) is 0 Å². The average molecular weight is 641 g/mol. The number of aromatic nitrogens is 3. The standard InChI is InChI=1S/C30H24F8N4O3/c31-25-18(8-9-19(26(25)32)17-10-12-41(13-11-17)16-29(33,34)35)15-45-23-6-2-1-4-20(23)22-5-3-7-24(40-22)42-27(30(36,37)38)21(14-39-42)28(43)44/h1-9,14,17H,10-13,15-16H2,(H,43,44). The van der Waals surface area contributed by atoms with Crippen molar-refractivity contribution >= 4 is 5.97 Å². The molecule has 4 aromatic rings. The number of nitrogens with zero attached hydrogens (tertiary/aromatic N) is 4. The highest BCUT2D eigenvalue weighted by molar-refractivity contribution is 5.89. The molecule has 1 saturated heterocycles. The number of rotatable bonds is 8. The number of hydrogen-bond acceptors (Lipinski definition) is 5. The Morgan fingerprint density at radius 1 is 0.933 bits per heavy atom. The fourth-order valence-corrected chi connectivity index (χ4v) is 5.29. The number of carboxylic acid groups (broad SMARTS) is 1. The molecule has 1 aliphatic heterocycles. The molecule has 0 bridgehead atoms. The third kappa shape index (κ3) is 7.08. The van der Waals surface area contributed by atoms with Gasteiger partial charge in [-0.05, 0) is 61.7 Å². The second-order valence-electron chi connectivity index (χ2n) is 10.4. The van der Waals surface area contributed by atoms with Crippen molar-refractivity contribution < 1.29 is 49.8 Å². The molecule has 3 heterocycles. The van der Waals surface area contributed by atoms with Gasteiger partial charge in [0, 0.05) is 11.1 Å². The van der Waals surface area contributed by atoms with Crippen molar-refractivity contribution in [3.05, 3.63) is 94.8 Å². The van der Waals surface area contributed by atoms with Crippen molar-refractivity contribution in [2.24, 2.45) is 0 Å². The van der Waals surface area contributed by atoms with Crippen molar-refractivity contribution in [3.63, 3.8) is 0 Å². The summed E-state index contributed by atoms with van der Waals surface area (Å²) in [7, 11) is 0. The summed E-state index contributed by atoms with van der Waals surface area (Å²) in [5.74, 6) is -4.70. The van der Waals surface area contributed by atoms with Gasteiger partial charge in [-0.1, -0.05) is 30.3 Å². The number of halogens is 8. The molecule has 2 aromatic carbocycles. The Balaban J connectivity index is 1.35. The van der Waals surface area contributed by atoms with Crippen molar-refractivity contribution in [1.82, 2.24) is 19.7 Å². The van der Waals surface area contributed by atoms with Gasteiger partial charge in [0.2, 0.25) is 0 Å². The van der Waals surface area contributed by atoms with E-state index in [2.05, 4.69) is 10.1 Å². The van der Waals surface area contributed by atoms with Gasteiger partial charge in [-0.25, -0.2) is 23.2 Å². The summed E-state index contributed by atoms with van der Waals surface area (Å²) >= 11 is 0. The van der Waals surface area contributed by atoms with Crippen molar-refractivity contribution in [1.29, 1.82) is 0 Å². The lowest BCUT2D eigenvalue weighted by atomic mass is 9.88. The number of ether oxygens (including phenoxy) is 1. The van der Waals surface area contributed by atoms with Gasteiger partial charge in [-0.3, -0.25) is 4.90 Å². The molecule has 7 nitrogen and oxygen atoms in total.